The first kappa shape index (κ1) is 23.6. The molecule has 2 saturated carbocycles. The number of carbonyl (C=O) groups is 3. The van der Waals surface area contributed by atoms with Crippen molar-refractivity contribution in [1.29, 1.82) is 0 Å². The van der Waals surface area contributed by atoms with Gasteiger partial charge in [0.15, 0.2) is 0 Å². The Kier molecular flexibility index (Phi) is 6.41. The summed E-state index contributed by atoms with van der Waals surface area (Å²) in [6, 6.07) is 0. The lowest BCUT2D eigenvalue weighted by molar-refractivity contribution is -0.174. The van der Waals surface area contributed by atoms with E-state index in [2.05, 4.69) is 20.4 Å². The van der Waals surface area contributed by atoms with E-state index in [0.717, 1.165) is 6.42 Å². The third-order valence-electron chi connectivity index (χ3n) is 7.86. The Balaban J connectivity index is 2.06. The van der Waals surface area contributed by atoms with Gasteiger partial charge in [0, 0.05) is 17.9 Å². The fraction of sp³-hybridized carbons (Fsp3) is 0.720. The van der Waals surface area contributed by atoms with Crippen molar-refractivity contribution in [2.75, 3.05) is 6.61 Å². The number of cyclic esters (lactones) is 1. The summed E-state index contributed by atoms with van der Waals surface area (Å²) in [6.07, 6.45) is 2.86. The fourth-order valence-corrected chi connectivity index (χ4v) is 5.77. The molecule has 0 unspecified atom stereocenters. The summed E-state index contributed by atoms with van der Waals surface area (Å²) < 4.78 is 17.4. The number of hydrogen-bond acceptors (Lipinski definition) is 6. The summed E-state index contributed by atoms with van der Waals surface area (Å²) in [5, 5.41) is 0. The van der Waals surface area contributed by atoms with Crippen molar-refractivity contribution >= 4 is 17.9 Å². The van der Waals surface area contributed by atoms with Crippen molar-refractivity contribution < 1.29 is 28.6 Å². The van der Waals surface area contributed by atoms with Crippen LogP contribution in [0.15, 0.2) is 23.8 Å². The molecule has 3 aliphatic rings. The zero-order valence-corrected chi connectivity index (χ0v) is 19.7. The van der Waals surface area contributed by atoms with Crippen LogP contribution >= 0.6 is 0 Å². The summed E-state index contributed by atoms with van der Waals surface area (Å²) in [6.45, 7) is 16.0. The monoisotopic (exact) mass is 432 g/mol. The predicted octanol–water partition coefficient (Wildman–Crippen LogP) is 4.38. The van der Waals surface area contributed by atoms with Crippen LogP contribution in [0.4, 0.5) is 0 Å². The molecule has 0 aromatic heterocycles. The molecule has 6 heteroatoms. The zero-order chi connectivity index (χ0) is 23.1. The van der Waals surface area contributed by atoms with Crippen LogP contribution in [0.5, 0.6) is 0 Å². The molecule has 1 aliphatic heterocycles. The van der Waals surface area contributed by atoms with Gasteiger partial charge in [-0.2, -0.15) is 0 Å². The third kappa shape index (κ3) is 3.83. The second-order valence-electron chi connectivity index (χ2n) is 10.3. The predicted molar refractivity (Wildman–Crippen MR) is 116 cm³/mol. The van der Waals surface area contributed by atoms with Gasteiger partial charge in [-0.3, -0.25) is 9.59 Å². The first-order valence-electron chi connectivity index (χ1n) is 11.4. The van der Waals surface area contributed by atoms with Crippen LogP contribution in [0.1, 0.15) is 67.2 Å². The molecule has 6 atom stereocenters. The van der Waals surface area contributed by atoms with Gasteiger partial charge in [-0.15, -0.1) is 0 Å². The molecule has 0 aromatic rings. The van der Waals surface area contributed by atoms with E-state index in [4.69, 9.17) is 14.2 Å². The number of allylic oxidation sites excluding steroid dienone is 1. The molecule has 0 amide bonds. The van der Waals surface area contributed by atoms with Crippen molar-refractivity contribution in [2.45, 2.75) is 79.4 Å². The molecule has 1 spiro atoms. The van der Waals surface area contributed by atoms with E-state index in [1.165, 1.54) is 0 Å². The summed E-state index contributed by atoms with van der Waals surface area (Å²) in [5.74, 6) is -0.949. The van der Waals surface area contributed by atoms with Crippen molar-refractivity contribution in [3.8, 4) is 0 Å². The second kappa shape index (κ2) is 8.44. The number of carbonyl (C=O) groups excluding carboxylic acids is 3. The van der Waals surface area contributed by atoms with Crippen LogP contribution in [0.25, 0.3) is 0 Å². The van der Waals surface area contributed by atoms with Crippen molar-refractivity contribution in [3.63, 3.8) is 0 Å². The van der Waals surface area contributed by atoms with Crippen molar-refractivity contribution in [2.24, 2.45) is 28.6 Å². The molecule has 3 fully saturated rings. The molecule has 0 bridgehead atoms. The molecule has 1 heterocycles. The maximum absolute atomic E-state index is 13.1. The van der Waals surface area contributed by atoms with Crippen molar-refractivity contribution in [3.05, 3.63) is 23.8 Å². The van der Waals surface area contributed by atoms with E-state index in [1.54, 1.807) is 19.9 Å². The number of hydrogen-bond donors (Lipinski definition) is 0. The van der Waals surface area contributed by atoms with Gasteiger partial charge in [0.1, 0.15) is 24.2 Å². The lowest BCUT2D eigenvalue weighted by atomic mass is 9.61. The van der Waals surface area contributed by atoms with Gasteiger partial charge in [0.05, 0.1) is 0 Å². The maximum Gasteiger partial charge on any atom is 0.333 e. The quantitative estimate of drug-likeness (QED) is 0.278. The third-order valence-corrected chi connectivity index (χ3v) is 7.86. The van der Waals surface area contributed by atoms with E-state index in [1.807, 2.05) is 13.8 Å². The van der Waals surface area contributed by atoms with Crippen LogP contribution in [0.3, 0.4) is 0 Å². The van der Waals surface area contributed by atoms with Gasteiger partial charge in [-0.1, -0.05) is 40.3 Å². The minimum Gasteiger partial charge on any atom is -0.462 e. The molecule has 0 N–H and O–H groups in total. The number of fused-ring (bicyclic) bond motifs is 1. The highest BCUT2D eigenvalue weighted by molar-refractivity contribution is 5.90. The molecule has 3 rings (SSSR count). The Morgan fingerprint density at radius 2 is 1.97 bits per heavy atom. The van der Waals surface area contributed by atoms with Gasteiger partial charge >= 0.3 is 17.9 Å². The fourth-order valence-electron chi connectivity index (χ4n) is 5.77. The Morgan fingerprint density at radius 1 is 1.29 bits per heavy atom. The lowest BCUT2D eigenvalue weighted by Gasteiger charge is -2.46. The van der Waals surface area contributed by atoms with Gasteiger partial charge < -0.3 is 14.2 Å². The average Bonchev–Trinajstić information content (AvgIpc) is 3.13. The molecule has 31 heavy (non-hydrogen) atoms. The van der Waals surface area contributed by atoms with E-state index in [9.17, 15) is 14.4 Å². The summed E-state index contributed by atoms with van der Waals surface area (Å²) in [4.78, 5) is 38.5. The first-order valence-corrected chi connectivity index (χ1v) is 11.4. The van der Waals surface area contributed by atoms with Gasteiger partial charge in [0.2, 0.25) is 0 Å². The Labute approximate surface area is 185 Å². The first-order chi connectivity index (χ1) is 14.5. The van der Waals surface area contributed by atoms with Gasteiger partial charge in [0.25, 0.3) is 0 Å². The summed E-state index contributed by atoms with van der Waals surface area (Å²) >= 11 is 0. The summed E-state index contributed by atoms with van der Waals surface area (Å²) in [5.41, 5.74) is -0.339. The molecule has 6 nitrogen and oxygen atoms in total. The normalized spacial score (nSPS) is 37.7. The van der Waals surface area contributed by atoms with Crippen molar-refractivity contribution in [1.82, 2.24) is 0 Å². The molecule has 2 aliphatic carbocycles. The molecular formula is C25H36O6. The minimum atomic E-state index is -1.09. The highest BCUT2D eigenvalue weighted by Crippen LogP contribution is 2.66. The van der Waals surface area contributed by atoms with Crippen LogP contribution in [-0.2, 0) is 28.6 Å². The second-order valence-corrected chi connectivity index (χ2v) is 10.3. The highest BCUT2D eigenvalue weighted by Gasteiger charge is 2.72. The largest absolute Gasteiger partial charge is 0.462 e. The minimum absolute atomic E-state index is 0.129. The highest BCUT2D eigenvalue weighted by atomic mass is 16.6. The smallest absolute Gasteiger partial charge is 0.333 e. The number of rotatable bonds is 5. The standard InChI is InChI=1S/C25H36O6/c1-8-15(4)22(27)31-21-20-18(30-19(26)11-14(2)3)10-9-16(5)24(20,7)13-25(21)17(6)12-29-23(25)28/h8,14,16,18,20-21H,6,9-13H2,1-5,7H3/b15-8-/t16-,18-,20+,21+,24+,25+/m0/s1. The van der Waals surface area contributed by atoms with E-state index < -0.39 is 23.6 Å². The number of ether oxygens (including phenoxy) is 3. The van der Waals surface area contributed by atoms with Crippen LogP contribution in [-0.4, -0.2) is 36.7 Å². The molecule has 1 saturated heterocycles. The van der Waals surface area contributed by atoms with Crippen LogP contribution < -0.4 is 0 Å². The average molecular weight is 433 g/mol. The molecule has 0 aromatic carbocycles. The zero-order valence-electron chi connectivity index (χ0n) is 19.7. The molecule has 172 valence electrons. The lowest BCUT2D eigenvalue weighted by Crippen LogP contribution is -2.50. The summed E-state index contributed by atoms with van der Waals surface area (Å²) in [7, 11) is 0. The Hall–Kier alpha value is -2.11. The molecular weight excluding hydrogens is 396 g/mol. The number of esters is 3. The maximum atomic E-state index is 13.1. The van der Waals surface area contributed by atoms with Gasteiger partial charge in [-0.25, -0.2) is 4.79 Å². The van der Waals surface area contributed by atoms with E-state index in [0.29, 0.717) is 30.4 Å². The molecule has 0 radical (unpaired) electrons. The van der Waals surface area contributed by atoms with Crippen LogP contribution in [0.2, 0.25) is 0 Å². The topological polar surface area (TPSA) is 78.9 Å². The van der Waals surface area contributed by atoms with E-state index >= 15 is 0 Å². The van der Waals surface area contributed by atoms with E-state index in [-0.39, 0.29) is 41.7 Å². The SMILES string of the molecule is C=C1COC(=O)[C@]12C[C@@]1(C)[C@H]([C@@H](OC(=O)CC(C)C)CC[C@@H]1C)[C@H]2OC(=O)/C(C)=C\C. The van der Waals surface area contributed by atoms with Gasteiger partial charge in [-0.05, 0) is 55.9 Å². The Bertz CT molecular complexity index is 793. The van der Waals surface area contributed by atoms with Crippen LogP contribution in [0, 0.1) is 28.6 Å². The Morgan fingerprint density at radius 3 is 2.52 bits per heavy atom.